The lowest BCUT2D eigenvalue weighted by molar-refractivity contribution is 0.104. The summed E-state index contributed by atoms with van der Waals surface area (Å²) in [6, 6.07) is 0. The summed E-state index contributed by atoms with van der Waals surface area (Å²) in [5.74, 6) is 0. The Morgan fingerprint density at radius 2 is 2.05 bits per heavy atom. The predicted molar refractivity (Wildman–Crippen MR) is 86.5 cm³/mol. The van der Waals surface area contributed by atoms with Crippen LogP contribution in [0.5, 0.6) is 0 Å². The lowest BCUT2D eigenvalue weighted by Gasteiger charge is -2.39. The molecule has 0 heterocycles. The van der Waals surface area contributed by atoms with Gasteiger partial charge in [-0.25, -0.2) is 0 Å². The van der Waals surface area contributed by atoms with Crippen molar-refractivity contribution in [2.75, 3.05) is 13.1 Å². The van der Waals surface area contributed by atoms with Crippen LogP contribution in [0.1, 0.15) is 32.6 Å². The number of aliphatic hydroxyl groups excluding tert-OH is 1. The van der Waals surface area contributed by atoms with Crippen molar-refractivity contribution in [3.05, 3.63) is 49.2 Å². The van der Waals surface area contributed by atoms with Crippen molar-refractivity contribution in [2.24, 2.45) is 0 Å². The Bertz CT molecular complexity index is 373. The van der Waals surface area contributed by atoms with Crippen molar-refractivity contribution in [2.45, 2.75) is 44.2 Å². The first-order valence-corrected chi connectivity index (χ1v) is 7.48. The zero-order valence-corrected chi connectivity index (χ0v) is 12.6. The van der Waals surface area contributed by atoms with Crippen LogP contribution < -0.4 is 10.6 Å². The third-order valence-electron chi connectivity index (χ3n) is 3.67. The molecule has 0 radical (unpaired) electrons. The second-order valence-corrected chi connectivity index (χ2v) is 5.22. The number of aliphatic hydroxyl groups is 1. The highest BCUT2D eigenvalue weighted by atomic mass is 16.3. The summed E-state index contributed by atoms with van der Waals surface area (Å²) in [7, 11) is 0. The Hall–Kier alpha value is -1.32. The first-order chi connectivity index (χ1) is 9.70. The summed E-state index contributed by atoms with van der Waals surface area (Å²) in [6.45, 7) is 11.0. The fraction of sp³-hybridized carbons (Fsp3) is 0.529. The van der Waals surface area contributed by atoms with E-state index in [-0.39, 0.29) is 0 Å². The van der Waals surface area contributed by atoms with Gasteiger partial charge in [0.1, 0.15) is 6.10 Å². The van der Waals surface area contributed by atoms with Gasteiger partial charge in [-0.1, -0.05) is 50.5 Å². The summed E-state index contributed by atoms with van der Waals surface area (Å²) < 4.78 is 0. The van der Waals surface area contributed by atoms with E-state index in [9.17, 15) is 5.11 Å². The summed E-state index contributed by atoms with van der Waals surface area (Å²) >= 11 is 0. The smallest absolute Gasteiger partial charge is 0.115 e. The minimum atomic E-state index is -0.566. The van der Waals surface area contributed by atoms with E-state index < -0.39 is 11.6 Å². The molecule has 2 atom stereocenters. The molecular weight excluding hydrogens is 248 g/mol. The molecule has 20 heavy (non-hydrogen) atoms. The maximum absolute atomic E-state index is 10.7. The lowest BCUT2D eigenvalue weighted by Crippen LogP contribution is -2.56. The second-order valence-electron chi connectivity index (χ2n) is 5.22. The molecule has 1 aliphatic rings. The Morgan fingerprint density at radius 1 is 1.30 bits per heavy atom. The zero-order chi connectivity index (χ0) is 14.8. The van der Waals surface area contributed by atoms with Gasteiger partial charge in [-0.2, -0.15) is 0 Å². The van der Waals surface area contributed by atoms with Crippen LogP contribution >= 0.6 is 0 Å². The summed E-state index contributed by atoms with van der Waals surface area (Å²) in [5, 5.41) is 17.4. The van der Waals surface area contributed by atoms with Crippen molar-refractivity contribution in [3.8, 4) is 0 Å². The van der Waals surface area contributed by atoms with Crippen LogP contribution in [0.2, 0.25) is 0 Å². The summed E-state index contributed by atoms with van der Waals surface area (Å²) in [5.41, 5.74) is 0.446. The Balaban J connectivity index is 2.80. The molecule has 1 aliphatic carbocycles. The van der Waals surface area contributed by atoms with Crippen LogP contribution in [-0.4, -0.2) is 29.8 Å². The largest absolute Gasteiger partial charge is 0.385 e. The maximum Gasteiger partial charge on any atom is 0.115 e. The van der Waals surface area contributed by atoms with Gasteiger partial charge in [0.25, 0.3) is 0 Å². The van der Waals surface area contributed by atoms with Gasteiger partial charge < -0.3 is 15.7 Å². The molecule has 2 unspecified atom stereocenters. The van der Waals surface area contributed by atoms with Gasteiger partial charge in [0.15, 0.2) is 0 Å². The van der Waals surface area contributed by atoms with Crippen molar-refractivity contribution >= 4 is 0 Å². The van der Waals surface area contributed by atoms with Crippen LogP contribution in [0.4, 0.5) is 0 Å². The van der Waals surface area contributed by atoms with E-state index in [4.69, 9.17) is 0 Å². The van der Waals surface area contributed by atoms with Crippen LogP contribution in [0.15, 0.2) is 49.2 Å². The van der Waals surface area contributed by atoms with Crippen LogP contribution in [0.25, 0.3) is 0 Å². The average Bonchev–Trinajstić information content (AvgIpc) is 2.46. The first kappa shape index (κ1) is 16.7. The number of hydrogen-bond donors (Lipinski definition) is 3. The highest BCUT2D eigenvalue weighted by molar-refractivity contribution is 5.32. The van der Waals surface area contributed by atoms with E-state index in [0.29, 0.717) is 13.1 Å². The molecule has 3 nitrogen and oxygen atoms in total. The van der Waals surface area contributed by atoms with Gasteiger partial charge in [0, 0.05) is 18.8 Å². The molecule has 0 aromatic rings. The fourth-order valence-electron chi connectivity index (χ4n) is 2.52. The molecule has 0 aromatic heterocycles. The SMILES string of the molecule is C=CCNC1=CC=CC(CCCCC)(NCC=C)C1O. The molecule has 1 rings (SSSR count). The molecule has 0 amide bonds. The molecule has 0 saturated carbocycles. The molecule has 112 valence electrons. The van der Waals surface area contributed by atoms with E-state index in [1.165, 1.54) is 12.8 Å². The van der Waals surface area contributed by atoms with Crippen molar-refractivity contribution < 1.29 is 5.11 Å². The van der Waals surface area contributed by atoms with Gasteiger partial charge in [-0.3, -0.25) is 0 Å². The molecule has 0 saturated heterocycles. The minimum absolute atomic E-state index is 0.401. The molecule has 0 spiro atoms. The third-order valence-corrected chi connectivity index (χ3v) is 3.67. The van der Waals surface area contributed by atoms with E-state index in [2.05, 4.69) is 36.8 Å². The Labute approximate surface area is 123 Å². The van der Waals surface area contributed by atoms with Gasteiger partial charge >= 0.3 is 0 Å². The molecule has 0 aliphatic heterocycles. The Morgan fingerprint density at radius 3 is 2.70 bits per heavy atom. The van der Waals surface area contributed by atoms with Crippen LogP contribution in [0, 0.1) is 0 Å². The van der Waals surface area contributed by atoms with Gasteiger partial charge in [-0.15, -0.1) is 13.2 Å². The molecule has 0 aromatic carbocycles. The average molecular weight is 276 g/mol. The molecule has 3 heteroatoms. The van der Waals surface area contributed by atoms with Crippen LogP contribution in [0.3, 0.4) is 0 Å². The summed E-state index contributed by atoms with van der Waals surface area (Å²) in [4.78, 5) is 0. The number of rotatable bonds is 10. The number of unbranched alkanes of at least 4 members (excludes halogenated alkanes) is 2. The predicted octanol–water partition coefficient (Wildman–Crippen LogP) is 2.67. The monoisotopic (exact) mass is 276 g/mol. The van der Waals surface area contributed by atoms with E-state index in [1.54, 1.807) is 6.08 Å². The highest BCUT2D eigenvalue weighted by Gasteiger charge is 2.37. The molecule has 0 bridgehead atoms. The lowest BCUT2D eigenvalue weighted by atomic mass is 9.81. The van der Waals surface area contributed by atoms with E-state index in [0.717, 1.165) is 18.5 Å². The number of hydrogen-bond acceptors (Lipinski definition) is 3. The topological polar surface area (TPSA) is 44.3 Å². The first-order valence-electron chi connectivity index (χ1n) is 7.48. The molecule has 0 fully saturated rings. The molecule has 3 N–H and O–H groups in total. The second kappa shape index (κ2) is 8.77. The number of nitrogens with one attached hydrogen (secondary N) is 2. The van der Waals surface area contributed by atoms with E-state index >= 15 is 0 Å². The standard InChI is InChI=1S/C17H28N2O/c1-4-7-8-11-17(19-14-6-3)12-9-10-15(16(17)20)18-13-5-2/h5-6,9-10,12,16,18-20H,2-4,7-8,11,13-14H2,1H3. The zero-order valence-electron chi connectivity index (χ0n) is 12.6. The minimum Gasteiger partial charge on any atom is -0.385 e. The quantitative estimate of drug-likeness (QED) is 0.424. The van der Waals surface area contributed by atoms with Crippen molar-refractivity contribution in [1.29, 1.82) is 0 Å². The van der Waals surface area contributed by atoms with Crippen molar-refractivity contribution in [3.63, 3.8) is 0 Å². The maximum atomic E-state index is 10.7. The number of allylic oxidation sites excluding steroid dienone is 2. The summed E-state index contributed by atoms with van der Waals surface area (Å²) in [6.07, 6.45) is 13.4. The fourth-order valence-corrected chi connectivity index (χ4v) is 2.52. The highest BCUT2D eigenvalue weighted by Crippen LogP contribution is 2.28. The van der Waals surface area contributed by atoms with E-state index in [1.807, 2.05) is 18.2 Å². The van der Waals surface area contributed by atoms with Gasteiger partial charge in [0.2, 0.25) is 0 Å². The van der Waals surface area contributed by atoms with Crippen LogP contribution in [-0.2, 0) is 0 Å². The third kappa shape index (κ3) is 4.36. The van der Waals surface area contributed by atoms with Crippen molar-refractivity contribution in [1.82, 2.24) is 10.6 Å². The van der Waals surface area contributed by atoms with Gasteiger partial charge in [-0.05, 0) is 12.5 Å². The Kier molecular flexibility index (Phi) is 7.34. The molecular formula is C17H28N2O. The normalized spacial score (nSPS) is 25.1. The van der Waals surface area contributed by atoms with Gasteiger partial charge in [0.05, 0.1) is 5.54 Å².